The Kier molecular flexibility index (Phi) is 10.2. The van der Waals surface area contributed by atoms with E-state index in [9.17, 15) is 5.11 Å². The Bertz CT molecular complexity index is 833. The lowest BCUT2D eigenvalue weighted by molar-refractivity contribution is -0.923. The first kappa shape index (κ1) is 25.6. The molecule has 2 aromatic carbocycles. The average Bonchev–Trinajstić information content (AvgIpc) is 2.69. The van der Waals surface area contributed by atoms with Crippen molar-refractivity contribution in [1.82, 2.24) is 0 Å². The van der Waals surface area contributed by atoms with E-state index < -0.39 is 0 Å². The molecule has 0 aromatic heterocycles. The first-order valence-corrected chi connectivity index (χ1v) is 11.2. The van der Waals surface area contributed by atoms with E-state index in [4.69, 9.17) is 16.3 Å². The van der Waals surface area contributed by atoms with Crippen LogP contribution in [0.3, 0.4) is 0 Å². The summed E-state index contributed by atoms with van der Waals surface area (Å²) in [5.41, 5.74) is 2.28. The fourth-order valence-electron chi connectivity index (χ4n) is 3.78. The minimum Gasteiger partial charge on any atom is -1.00 e. The minimum atomic E-state index is 0. The summed E-state index contributed by atoms with van der Waals surface area (Å²) in [5.74, 6) is 0.276. The van der Waals surface area contributed by atoms with E-state index in [1.165, 1.54) is 32.1 Å². The number of azo groups is 1. The Hall–Kier alpha value is -1.66. The van der Waals surface area contributed by atoms with Crippen molar-refractivity contribution in [1.29, 1.82) is 0 Å². The van der Waals surface area contributed by atoms with Crippen LogP contribution in [-0.2, 0) is 11.3 Å². The minimum absolute atomic E-state index is 0. The number of rotatable bonds is 7. The van der Waals surface area contributed by atoms with Crippen molar-refractivity contribution < 1.29 is 26.7 Å². The van der Waals surface area contributed by atoms with E-state index in [1.54, 1.807) is 24.3 Å². The Balaban J connectivity index is 0.00000341. The number of phenolic OH excluding ortho intramolecular Hbond substituents is 1. The van der Waals surface area contributed by atoms with Gasteiger partial charge in [-0.3, -0.25) is 0 Å². The van der Waals surface area contributed by atoms with Crippen LogP contribution in [0.25, 0.3) is 0 Å². The molecule has 0 amide bonds. The molecule has 0 unspecified atom stereocenters. The van der Waals surface area contributed by atoms with Crippen molar-refractivity contribution in [2.45, 2.75) is 57.6 Å². The van der Waals surface area contributed by atoms with Gasteiger partial charge >= 0.3 is 0 Å². The lowest BCUT2D eigenvalue weighted by Gasteiger charge is -2.32. The van der Waals surface area contributed by atoms with Crippen molar-refractivity contribution in [3.8, 4) is 5.75 Å². The molecule has 3 rings (SSSR count). The van der Waals surface area contributed by atoms with Crippen molar-refractivity contribution in [2.75, 3.05) is 20.8 Å². The summed E-state index contributed by atoms with van der Waals surface area (Å²) in [6.45, 7) is 1.28. The summed E-state index contributed by atoms with van der Waals surface area (Å²) in [7, 11) is 4.26. The third-order valence-electron chi connectivity index (χ3n) is 5.48. The first-order valence-electron chi connectivity index (χ1n) is 10.8. The lowest BCUT2D eigenvalue weighted by atomic mass is 9.99. The highest BCUT2D eigenvalue weighted by Gasteiger charge is 2.22. The highest BCUT2D eigenvalue weighted by Crippen LogP contribution is 2.28. The second-order valence-electron chi connectivity index (χ2n) is 8.85. The molecule has 0 atom stereocenters. The van der Waals surface area contributed by atoms with Gasteiger partial charge in [0.15, 0.2) is 6.73 Å². The van der Waals surface area contributed by atoms with E-state index in [0.29, 0.717) is 34.6 Å². The van der Waals surface area contributed by atoms with Gasteiger partial charge in [-0.2, -0.15) is 10.2 Å². The maximum absolute atomic E-state index is 10.4. The van der Waals surface area contributed by atoms with Crippen LogP contribution in [0, 0.1) is 0 Å². The molecule has 0 aliphatic heterocycles. The van der Waals surface area contributed by atoms with Crippen molar-refractivity contribution in [3.63, 3.8) is 0 Å². The Labute approximate surface area is 197 Å². The number of nitrogens with zero attached hydrogens (tertiary/aromatic N) is 3. The highest BCUT2D eigenvalue weighted by molar-refractivity contribution is 6.30. The number of aromatic hydroxyl groups is 1. The molecule has 1 saturated carbocycles. The Morgan fingerprint density at radius 1 is 0.935 bits per heavy atom. The number of quaternary nitrogens is 1. The largest absolute Gasteiger partial charge is 1.00 e. The molecule has 0 radical (unpaired) electrons. The van der Waals surface area contributed by atoms with Crippen LogP contribution in [0.5, 0.6) is 5.75 Å². The van der Waals surface area contributed by atoms with E-state index in [-0.39, 0.29) is 18.2 Å². The fraction of sp³-hybridized carbons (Fsp3) is 0.500. The summed E-state index contributed by atoms with van der Waals surface area (Å²) in [5, 5.41) is 19.6. The summed E-state index contributed by atoms with van der Waals surface area (Å²) in [4.78, 5) is 0. The van der Waals surface area contributed by atoms with Gasteiger partial charge in [0.1, 0.15) is 12.3 Å². The highest BCUT2D eigenvalue weighted by atomic mass is 35.5. The van der Waals surface area contributed by atoms with Gasteiger partial charge in [0.2, 0.25) is 0 Å². The first-order chi connectivity index (χ1) is 14.4. The third-order valence-corrected chi connectivity index (χ3v) is 5.73. The predicted octanol–water partition coefficient (Wildman–Crippen LogP) is 4.13. The lowest BCUT2D eigenvalue weighted by Crippen LogP contribution is -3.00. The van der Waals surface area contributed by atoms with Crippen molar-refractivity contribution in [3.05, 3.63) is 53.1 Å². The summed E-state index contributed by atoms with van der Waals surface area (Å²) in [6, 6.07) is 12.6. The molecular weight excluding hydrogens is 433 g/mol. The van der Waals surface area contributed by atoms with Crippen LogP contribution in [0.2, 0.25) is 5.02 Å². The summed E-state index contributed by atoms with van der Waals surface area (Å²) in [6.07, 6.45) is 9.21. The van der Waals surface area contributed by atoms with Gasteiger partial charge in [-0.1, -0.05) is 43.7 Å². The Morgan fingerprint density at radius 3 is 2.19 bits per heavy atom. The molecule has 1 fully saturated rings. The second kappa shape index (κ2) is 12.4. The molecule has 2 aromatic rings. The molecule has 0 saturated heterocycles. The van der Waals surface area contributed by atoms with E-state index in [1.807, 2.05) is 18.2 Å². The van der Waals surface area contributed by atoms with Gasteiger partial charge in [0, 0.05) is 5.02 Å². The molecule has 0 spiro atoms. The van der Waals surface area contributed by atoms with Gasteiger partial charge in [-0.25, -0.2) is 0 Å². The maximum atomic E-state index is 10.4. The number of hydrogen-bond acceptors (Lipinski definition) is 4. The zero-order valence-electron chi connectivity index (χ0n) is 18.4. The third kappa shape index (κ3) is 8.77. The number of halogens is 2. The number of benzene rings is 2. The molecule has 170 valence electrons. The number of ether oxygens (including phenoxy) is 1. The van der Waals surface area contributed by atoms with Gasteiger partial charge in [0.25, 0.3) is 0 Å². The molecule has 0 bridgehead atoms. The zero-order valence-corrected chi connectivity index (χ0v) is 19.9. The fourth-order valence-corrected chi connectivity index (χ4v) is 3.91. The summed E-state index contributed by atoms with van der Waals surface area (Å²) < 4.78 is 6.92. The second-order valence-corrected chi connectivity index (χ2v) is 9.28. The van der Waals surface area contributed by atoms with Crippen LogP contribution in [0.15, 0.2) is 52.7 Å². The zero-order chi connectivity index (χ0) is 21.4. The van der Waals surface area contributed by atoms with Crippen LogP contribution in [-0.4, -0.2) is 36.5 Å². The monoisotopic (exact) mass is 465 g/mol. The molecular formula is C24H33Cl2N3O2. The summed E-state index contributed by atoms with van der Waals surface area (Å²) >= 11 is 5.91. The van der Waals surface area contributed by atoms with Crippen molar-refractivity contribution >= 4 is 23.0 Å². The molecule has 31 heavy (non-hydrogen) atoms. The molecule has 5 nitrogen and oxygen atoms in total. The molecule has 1 aliphatic rings. The SMILES string of the molecule is C[N+](C)(COC1CCCCCCC1)Cc1cc(N=Nc2ccc(Cl)cc2)ccc1O.[Cl-]. The van der Waals surface area contributed by atoms with Gasteiger partial charge in [-0.05, 0) is 55.3 Å². The van der Waals surface area contributed by atoms with E-state index in [0.717, 1.165) is 24.1 Å². The predicted molar refractivity (Wildman–Crippen MR) is 122 cm³/mol. The molecule has 1 N–H and O–H groups in total. The number of phenols is 1. The number of hydrogen-bond donors (Lipinski definition) is 1. The van der Waals surface area contributed by atoms with Gasteiger partial charge < -0.3 is 26.7 Å². The van der Waals surface area contributed by atoms with Crippen LogP contribution in [0.4, 0.5) is 11.4 Å². The normalized spacial score (nSPS) is 16.0. The quantitative estimate of drug-likeness (QED) is 0.379. The standard InChI is InChI=1S/C24H32ClN3O2.ClH/c1-28(2,18-30-23-8-6-4-3-5-7-9-23)17-19-16-22(14-15-24(19)29)27-26-21-12-10-20(25)11-13-21;/h10-16,23H,3-9,17-18H2,1-2H3;1H. The average molecular weight is 466 g/mol. The van der Waals surface area contributed by atoms with E-state index in [2.05, 4.69) is 24.3 Å². The van der Waals surface area contributed by atoms with Gasteiger partial charge in [-0.15, -0.1) is 0 Å². The van der Waals surface area contributed by atoms with Crippen LogP contribution in [0.1, 0.15) is 50.5 Å². The molecule has 0 heterocycles. The molecule has 1 aliphatic carbocycles. The van der Waals surface area contributed by atoms with Gasteiger partial charge in [0.05, 0.1) is 37.1 Å². The maximum Gasteiger partial charge on any atom is 0.183 e. The van der Waals surface area contributed by atoms with Crippen molar-refractivity contribution in [2.24, 2.45) is 10.2 Å². The Morgan fingerprint density at radius 2 is 1.52 bits per heavy atom. The topological polar surface area (TPSA) is 54.2 Å². The smallest absolute Gasteiger partial charge is 0.183 e. The molecule has 7 heteroatoms. The van der Waals surface area contributed by atoms with Crippen LogP contribution < -0.4 is 12.4 Å². The van der Waals surface area contributed by atoms with E-state index >= 15 is 0 Å². The van der Waals surface area contributed by atoms with Crippen LogP contribution >= 0.6 is 11.6 Å².